The average Bonchev–Trinajstić information content (AvgIpc) is 3.22. The van der Waals surface area contributed by atoms with Gasteiger partial charge >= 0.3 is 0 Å². The summed E-state index contributed by atoms with van der Waals surface area (Å²) in [4.78, 5) is 23.6. The zero-order valence-electron chi connectivity index (χ0n) is 16.1. The van der Waals surface area contributed by atoms with Crippen molar-refractivity contribution in [2.75, 3.05) is 5.32 Å². The third-order valence-electron chi connectivity index (χ3n) is 4.72. The van der Waals surface area contributed by atoms with Crippen LogP contribution in [0.2, 0.25) is 0 Å². The van der Waals surface area contributed by atoms with Crippen LogP contribution in [-0.2, 0) is 0 Å². The molecule has 0 aliphatic rings. The lowest BCUT2D eigenvalue weighted by Crippen LogP contribution is -2.13. The quantitative estimate of drug-likeness (QED) is 0.378. The molecule has 1 aromatic heterocycles. The second-order valence-electron chi connectivity index (χ2n) is 6.74. The molecule has 1 N–H and O–H groups in total. The van der Waals surface area contributed by atoms with E-state index in [2.05, 4.69) is 10.4 Å². The molecule has 0 spiro atoms. The number of nitro benzene ring substituents is 1. The topological polar surface area (TPSA) is 90.1 Å². The number of para-hydroxylation sites is 2. The van der Waals surface area contributed by atoms with Gasteiger partial charge in [-0.15, -0.1) is 0 Å². The highest BCUT2D eigenvalue weighted by Crippen LogP contribution is 2.27. The van der Waals surface area contributed by atoms with Crippen LogP contribution in [-0.4, -0.2) is 20.6 Å². The number of nitrogens with one attached hydrogen (secondary N) is 1. The Labute approximate surface area is 172 Å². The Morgan fingerprint density at radius 1 is 0.967 bits per heavy atom. The molecule has 0 aliphatic carbocycles. The lowest BCUT2D eigenvalue weighted by atomic mass is 10.1. The number of benzene rings is 3. The second kappa shape index (κ2) is 8.00. The fourth-order valence-electron chi connectivity index (χ4n) is 3.11. The van der Waals surface area contributed by atoms with E-state index in [1.54, 1.807) is 23.0 Å². The Balaban J connectivity index is 1.77. The van der Waals surface area contributed by atoms with Gasteiger partial charge in [-0.05, 0) is 42.8 Å². The molecule has 1 heterocycles. The van der Waals surface area contributed by atoms with E-state index in [4.69, 9.17) is 0 Å². The molecule has 30 heavy (non-hydrogen) atoms. The number of anilines is 1. The van der Waals surface area contributed by atoms with Crippen LogP contribution in [0.5, 0.6) is 0 Å². The number of non-ortho nitro benzene ring substituents is 1. The first kappa shape index (κ1) is 19.1. The van der Waals surface area contributed by atoms with Gasteiger partial charge in [0.15, 0.2) is 0 Å². The Hall–Kier alpha value is -4.26. The van der Waals surface area contributed by atoms with Crippen molar-refractivity contribution in [1.29, 1.82) is 0 Å². The standard InChI is InChI=1S/C23H18N4O3/c1-16-7-5-6-10-21(16)24-23(28)20-15-26(18-8-3-2-4-9-18)25-22(20)17-11-13-19(14-12-17)27(29)30/h2-15H,1H3,(H,24,28). The lowest BCUT2D eigenvalue weighted by Gasteiger charge is -2.08. The highest BCUT2D eigenvalue weighted by Gasteiger charge is 2.20. The van der Waals surface area contributed by atoms with Crippen molar-refractivity contribution in [2.45, 2.75) is 6.92 Å². The van der Waals surface area contributed by atoms with Gasteiger partial charge in [0.2, 0.25) is 0 Å². The molecule has 0 radical (unpaired) electrons. The van der Waals surface area contributed by atoms with E-state index in [-0.39, 0.29) is 11.6 Å². The van der Waals surface area contributed by atoms with Gasteiger partial charge in [0.05, 0.1) is 16.2 Å². The Kier molecular flexibility index (Phi) is 5.09. The first-order valence-corrected chi connectivity index (χ1v) is 9.30. The molecule has 148 valence electrons. The van der Waals surface area contributed by atoms with Crippen molar-refractivity contribution in [3.8, 4) is 16.9 Å². The minimum atomic E-state index is -0.460. The van der Waals surface area contributed by atoms with Gasteiger partial charge in [-0.3, -0.25) is 14.9 Å². The van der Waals surface area contributed by atoms with Crippen LogP contribution in [0.1, 0.15) is 15.9 Å². The van der Waals surface area contributed by atoms with Crippen LogP contribution in [0.3, 0.4) is 0 Å². The molecule has 0 fully saturated rings. The lowest BCUT2D eigenvalue weighted by molar-refractivity contribution is -0.384. The molecule has 0 aliphatic heterocycles. The smallest absolute Gasteiger partial charge is 0.269 e. The molecular formula is C23H18N4O3. The predicted molar refractivity (Wildman–Crippen MR) is 115 cm³/mol. The maximum Gasteiger partial charge on any atom is 0.269 e. The van der Waals surface area contributed by atoms with Crippen LogP contribution >= 0.6 is 0 Å². The monoisotopic (exact) mass is 398 g/mol. The molecule has 0 unspecified atom stereocenters. The van der Waals surface area contributed by atoms with Crippen molar-refractivity contribution in [3.63, 3.8) is 0 Å². The molecule has 7 heteroatoms. The minimum absolute atomic E-state index is 0.0212. The highest BCUT2D eigenvalue weighted by atomic mass is 16.6. The van der Waals surface area contributed by atoms with Crippen LogP contribution in [0.25, 0.3) is 16.9 Å². The summed E-state index contributed by atoms with van der Waals surface area (Å²) in [6.45, 7) is 1.92. The number of carbonyl (C=O) groups excluding carboxylic acids is 1. The van der Waals surface area contributed by atoms with E-state index in [9.17, 15) is 14.9 Å². The van der Waals surface area contributed by atoms with Crippen molar-refractivity contribution >= 4 is 17.3 Å². The molecule has 4 aromatic rings. The maximum atomic E-state index is 13.1. The summed E-state index contributed by atoms with van der Waals surface area (Å²) < 4.78 is 1.63. The number of aromatic nitrogens is 2. The summed E-state index contributed by atoms with van der Waals surface area (Å²) in [6.07, 6.45) is 1.67. The number of hydrogen-bond donors (Lipinski definition) is 1. The van der Waals surface area contributed by atoms with E-state index in [0.29, 0.717) is 22.5 Å². The van der Waals surface area contributed by atoms with E-state index < -0.39 is 4.92 Å². The van der Waals surface area contributed by atoms with Crippen molar-refractivity contribution in [2.24, 2.45) is 0 Å². The van der Waals surface area contributed by atoms with Gasteiger partial charge in [0.1, 0.15) is 5.69 Å². The van der Waals surface area contributed by atoms with Crippen LogP contribution in [0.4, 0.5) is 11.4 Å². The SMILES string of the molecule is Cc1ccccc1NC(=O)c1cn(-c2ccccc2)nc1-c1ccc([N+](=O)[O-])cc1. The van der Waals surface area contributed by atoms with E-state index >= 15 is 0 Å². The first-order chi connectivity index (χ1) is 14.5. The fraction of sp³-hybridized carbons (Fsp3) is 0.0435. The number of nitro groups is 1. The van der Waals surface area contributed by atoms with Gasteiger partial charge in [0.25, 0.3) is 11.6 Å². The average molecular weight is 398 g/mol. The largest absolute Gasteiger partial charge is 0.322 e. The second-order valence-corrected chi connectivity index (χ2v) is 6.74. The van der Waals surface area contributed by atoms with Gasteiger partial charge in [-0.1, -0.05) is 36.4 Å². The normalized spacial score (nSPS) is 10.6. The Morgan fingerprint density at radius 2 is 1.63 bits per heavy atom. The molecule has 0 bridgehead atoms. The van der Waals surface area contributed by atoms with E-state index in [1.807, 2.05) is 61.5 Å². The summed E-state index contributed by atoms with van der Waals surface area (Å²) in [6, 6.07) is 22.9. The molecule has 7 nitrogen and oxygen atoms in total. The summed E-state index contributed by atoms with van der Waals surface area (Å²) in [7, 11) is 0. The van der Waals surface area contributed by atoms with E-state index in [1.165, 1.54) is 12.1 Å². The summed E-state index contributed by atoms with van der Waals surface area (Å²) in [5.41, 5.74) is 3.87. The predicted octanol–water partition coefficient (Wildman–Crippen LogP) is 5.01. The molecule has 0 saturated heterocycles. The first-order valence-electron chi connectivity index (χ1n) is 9.30. The number of nitrogens with zero attached hydrogens (tertiary/aromatic N) is 3. The number of hydrogen-bond acceptors (Lipinski definition) is 4. The van der Waals surface area contributed by atoms with E-state index in [0.717, 1.165) is 11.3 Å². The Bertz CT molecular complexity index is 1210. The third-order valence-corrected chi connectivity index (χ3v) is 4.72. The van der Waals surface area contributed by atoms with Gasteiger partial charge in [-0.2, -0.15) is 5.10 Å². The summed E-state index contributed by atoms with van der Waals surface area (Å²) in [5, 5.41) is 18.5. The molecular weight excluding hydrogens is 380 g/mol. The van der Waals surface area contributed by atoms with Crippen LogP contribution in [0, 0.1) is 17.0 Å². The molecule has 0 atom stereocenters. The molecule has 3 aromatic carbocycles. The molecule has 1 amide bonds. The third kappa shape index (κ3) is 3.81. The highest BCUT2D eigenvalue weighted by molar-refractivity contribution is 6.08. The number of carbonyl (C=O) groups is 1. The van der Waals surface area contributed by atoms with Gasteiger partial charge < -0.3 is 5.32 Å². The van der Waals surface area contributed by atoms with Gasteiger partial charge in [0, 0.05) is 29.6 Å². The van der Waals surface area contributed by atoms with Crippen molar-refractivity contribution in [1.82, 2.24) is 9.78 Å². The molecule has 0 saturated carbocycles. The fourth-order valence-corrected chi connectivity index (χ4v) is 3.11. The minimum Gasteiger partial charge on any atom is -0.322 e. The van der Waals surface area contributed by atoms with Crippen LogP contribution < -0.4 is 5.32 Å². The molecule has 4 rings (SSSR count). The van der Waals surface area contributed by atoms with Crippen LogP contribution in [0.15, 0.2) is 85.1 Å². The maximum absolute atomic E-state index is 13.1. The van der Waals surface area contributed by atoms with Crippen molar-refractivity contribution < 1.29 is 9.72 Å². The zero-order chi connectivity index (χ0) is 21.1. The number of amides is 1. The number of rotatable bonds is 5. The Morgan fingerprint density at radius 3 is 2.30 bits per heavy atom. The van der Waals surface area contributed by atoms with Crippen molar-refractivity contribution in [3.05, 3.63) is 106 Å². The number of aryl methyl sites for hydroxylation is 1. The summed E-state index contributed by atoms with van der Waals surface area (Å²) in [5.74, 6) is -0.306. The summed E-state index contributed by atoms with van der Waals surface area (Å²) >= 11 is 0. The zero-order valence-corrected chi connectivity index (χ0v) is 16.1. The van der Waals surface area contributed by atoms with Gasteiger partial charge in [-0.25, -0.2) is 4.68 Å².